The Hall–Kier alpha value is -2.93. The number of carbonyl (C=O) groups excluding carboxylic acids is 2. The lowest BCUT2D eigenvalue weighted by atomic mass is 10.2. The molecule has 2 N–H and O–H groups in total. The van der Waals surface area contributed by atoms with Gasteiger partial charge in [0.2, 0.25) is 0 Å². The first-order chi connectivity index (χ1) is 12.0. The van der Waals surface area contributed by atoms with Crippen LogP contribution in [0.3, 0.4) is 0 Å². The second kappa shape index (κ2) is 8.79. The average Bonchev–Trinajstić information content (AvgIpc) is 2.65. The van der Waals surface area contributed by atoms with E-state index in [0.29, 0.717) is 22.3 Å². The third-order valence-corrected chi connectivity index (χ3v) is 3.36. The van der Waals surface area contributed by atoms with Crippen LogP contribution in [0.15, 0.2) is 42.5 Å². The SMILES string of the molecule is COc1cc(OC)cc(C(=O)NNC(=O)COc2ccc(Cl)cc2)c1. The summed E-state index contributed by atoms with van der Waals surface area (Å²) in [7, 11) is 2.96. The number of carbonyl (C=O) groups is 2. The summed E-state index contributed by atoms with van der Waals surface area (Å²) in [6.45, 7) is -0.261. The van der Waals surface area contributed by atoms with Gasteiger partial charge in [0, 0.05) is 16.7 Å². The van der Waals surface area contributed by atoms with Crippen molar-refractivity contribution in [3.8, 4) is 17.2 Å². The maximum atomic E-state index is 12.1. The van der Waals surface area contributed by atoms with Gasteiger partial charge < -0.3 is 14.2 Å². The standard InChI is InChI=1S/C17H17ClN2O5/c1-23-14-7-11(8-15(9-14)24-2)17(22)20-19-16(21)10-25-13-5-3-12(18)4-6-13/h3-9H,10H2,1-2H3,(H,19,21)(H,20,22). The van der Waals surface area contributed by atoms with Crippen LogP contribution in [0.25, 0.3) is 0 Å². The molecule has 2 aromatic rings. The first-order valence-electron chi connectivity index (χ1n) is 7.22. The third-order valence-electron chi connectivity index (χ3n) is 3.11. The van der Waals surface area contributed by atoms with Gasteiger partial charge in [0.25, 0.3) is 11.8 Å². The first-order valence-corrected chi connectivity index (χ1v) is 7.60. The van der Waals surface area contributed by atoms with E-state index in [2.05, 4.69) is 10.9 Å². The number of hydrogen-bond acceptors (Lipinski definition) is 5. The number of benzene rings is 2. The van der Waals surface area contributed by atoms with E-state index in [4.69, 9.17) is 25.8 Å². The third kappa shape index (κ3) is 5.58. The fourth-order valence-electron chi connectivity index (χ4n) is 1.85. The van der Waals surface area contributed by atoms with Crippen molar-refractivity contribution in [1.82, 2.24) is 10.9 Å². The molecule has 8 heteroatoms. The summed E-state index contributed by atoms with van der Waals surface area (Å²) < 4.78 is 15.5. The Morgan fingerprint density at radius 3 is 2.08 bits per heavy atom. The minimum Gasteiger partial charge on any atom is -0.497 e. The van der Waals surface area contributed by atoms with Gasteiger partial charge >= 0.3 is 0 Å². The van der Waals surface area contributed by atoms with E-state index < -0.39 is 11.8 Å². The maximum Gasteiger partial charge on any atom is 0.276 e. The molecule has 0 spiro atoms. The van der Waals surface area contributed by atoms with Crippen molar-refractivity contribution in [2.75, 3.05) is 20.8 Å². The van der Waals surface area contributed by atoms with Crippen molar-refractivity contribution in [3.63, 3.8) is 0 Å². The highest BCUT2D eigenvalue weighted by molar-refractivity contribution is 6.30. The van der Waals surface area contributed by atoms with E-state index in [1.54, 1.807) is 30.3 Å². The van der Waals surface area contributed by atoms with Gasteiger partial charge in [-0.05, 0) is 36.4 Å². The van der Waals surface area contributed by atoms with Crippen LogP contribution in [-0.4, -0.2) is 32.6 Å². The maximum absolute atomic E-state index is 12.1. The lowest BCUT2D eigenvalue weighted by Gasteiger charge is -2.10. The molecule has 0 aliphatic heterocycles. The summed E-state index contributed by atoms with van der Waals surface area (Å²) in [5.74, 6) is 0.377. The molecule has 0 aliphatic carbocycles. The van der Waals surface area contributed by atoms with E-state index in [9.17, 15) is 9.59 Å². The first kappa shape index (κ1) is 18.4. The lowest BCUT2D eigenvalue weighted by molar-refractivity contribution is -0.123. The molecule has 7 nitrogen and oxygen atoms in total. The topological polar surface area (TPSA) is 85.9 Å². The van der Waals surface area contributed by atoms with Gasteiger partial charge in [-0.25, -0.2) is 0 Å². The summed E-state index contributed by atoms with van der Waals surface area (Å²) >= 11 is 5.76. The minimum absolute atomic E-state index is 0.261. The molecule has 0 aliphatic rings. The van der Waals surface area contributed by atoms with Gasteiger partial charge in [-0.1, -0.05) is 11.6 Å². The lowest BCUT2D eigenvalue weighted by Crippen LogP contribution is -2.43. The van der Waals surface area contributed by atoms with Gasteiger partial charge in [0.05, 0.1) is 14.2 Å². The minimum atomic E-state index is -0.517. The van der Waals surface area contributed by atoms with E-state index in [0.717, 1.165) is 0 Å². The van der Waals surface area contributed by atoms with E-state index in [1.165, 1.54) is 26.4 Å². The van der Waals surface area contributed by atoms with Crippen LogP contribution in [0.5, 0.6) is 17.2 Å². The van der Waals surface area contributed by atoms with E-state index >= 15 is 0 Å². The molecule has 0 radical (unpaired) electrons. The number of rotatable bonds is 6. The number of hydrazine groups is 1. The number of hydrogen-bond donors (Lipinski definition) is 2. The molecule has 2 rings (SSSR count). The molecule has 0 bridgehead atoms. The Labute approximate surface area is 149 Å². The van der Waals surface area contributed by atoms with Gasteiger partial charge in [-0.15, -0.1) is 0 Å². The Balaban J connectivity index is 1.86. The molecule has 132 valence electrons. The molecular formula is C17H17ClN2O5. The average molecular weight is 365 g/mol. The van der Waals surface area contributed by atoms with Gasteiger partial charge in [0.15, 0.2) is 6.61 Å². The summed E-state index contributed by atoms with van der Waals surface area (Å²) in [5, 5.41) is 0.567. The Bertz CT molecular complexity index is 727. The van der Waals surface area contributed by atoms with Crippen molar-refractivity contribution in [2.45, 2.75) is 0 Å². The zero-order chi connectivity index (χ0) is 18.2. The molecular weight excluding hydrogens is 348 g/mol. The van der Waals surface area contributed by atoms with Gasteiger partial charge in [-0.3, -0.25) is 20.4 Å². The zero-order valence-electron chi connectivity index (χ0n) is 13.7. The Morgan fingerprint density at radius 2 is 1.52 bits per heavy atom. The van der Waals surface area contributed by atoms with Crippen LogP contribution in [0.1, 0.15) is 10.4 Å². The summed E-state index contributed by atoms with van der Waals surface area (Å²) in [6.07, 6.45) is 0. The fourth-order valence-corrected chi connectivity index (χ4v) is 1.98. The highest BCUT2D eigenvalue weighted by Crippen LogP contribution is 2.22. The normalized spacial score (nSPS) is 9.88. The monoisotopic (exact) mass is 364 g/mol. The number of halogens is 1. The zero-order valence-corrected chi connectivity index (χ0v) is 14.4. The van der Waals surface area contributed by atoms with Crippen LogP contribution >= 0.6 is 11.6 Å². The molecule has 0 heterocycles. The largest absolute Gasteiger partial charge is 0.497 e. The van der Waals surface area contributed by atoms with Gasteiger partial charge in [-0.2, -0.15) is 0 Å². The highest BCUT2D eigenvalue weighted by Gasteiger charge is 2.11. The van der Waals surface area contributed by atoms with Crippen molar-refractivity contribution < 1.29 is 23.8 Å². The quantitative estimate of drug-likeness (QED) is 0.767. The van der Waals surface area contributed by atoms with Crippen molar-refractivity contribution in [3.05, 3.63) is 53.1 Å². The molecule has 2 amide bonds. The Morgan fingerprint density at radius 1 is 0.920 bits per heavy atom. The second-order valence-corrected chi connectivity index (χ2v) is 5.28. The smallest absolute Gasteiger partial charge is 0.276 e. The number of amides is 2. The van der Waals surface area contributed by atoms with Crippen LogP contribution in [0.2, 0.25) is 5.02 Å². The molecule has 0 saturated heterocycles. The number of methoxy groups -OCH3 is 2. The highest BCUT2D eigenvalue weighted by atomic mass is 35.5. The predicted octanol–water partition coefficient (Wildman–Crippen LogP) is 2.20. The predicted molar refractivity (Wildman–Crippen MR) is 92.1 cm³/mol. The van der Waals surface area contributed by atoms with Gasteiger partial charge in [0.1, 0.15) is 17.2 Å². The van der Waals surface area contributed by atoms with Crippen molar-refractivity contribution in [2.24, 2.45) is 0 Å². The van der Waals surface area contributed by atoms with E-state index in [1.807, 2.05) is 0 Å². The fraction of sp³-hybridized carbons (Fsp3) is 0.176. The number of ether oxygens (including phenoxy) is 3. The molecule has 0 atom stereocenters. The summed E-state index contributed by atoms with van der Waals surface area (Å²) in [5.41, 5.74) is 4.84. The number of nitrogens with one attached hydrogen (secondary N) is 2. The molecule has 25 heavy (non-hydrogen) atoms. The van der Waals surface area contributed by atoms with Crippen LogP contribution < -0.4 is 25.1 Å². The van der Waals surface area contributed by atoms with Crippen LogP contribution in [-0.2, 0) is 4.79 Å². The second-order valence-electron chi connectivity index (χ2n) is 4.85. The van der Waals surface area contributed by atoms with Crippen LogP contribution in [0, 0.1) is 0 Å². The molecule has 0 fully saturated rings. The van der Waals surface area contributed by atoms with E-state index in [-0.39, 0.29) is 12.2 Å². The van der Waals surface area contributed by atoms with Crippen molar-refractivity contribution in [1.29, 1.82) is 0 Å². The summed E-state index contributed by atoms with van der Waals surface area (Å²) in [4.78, 5) is 23.8. The summed E-state index contributed by atoms with van der Waals surface area (Å²) in [6, 6.07) is 11.2. The molecule has 0 unspecified atom stereocenters. The van der Waals surface area contributed by atoms with Crippen LogP contribution in [0.4, 0.5) is 0 Å². The molecule has 0 saturated carbocycles. The Kier molecular flexibility index (Phi) is 6.47. The molecule has 0 aromatic heterocycles. The van der Waals surface area contributed by atoms with Crippen molar-refractivity contribution >= 4 is 23.4 Å². The molecule has 2 aromatic carbocycles.